The number of amides is 1. The van der Waals surface area contributed by atoms with Crippen LogP contribution in [-0.4, -0.2) is 62.8 Å². The number of rotatable bonds is 5. The molecule has 0 aliphatic carbocycles. The highest BCUT2D eigenvalue weighted by Gasteiger charge is 2.23. The Bertz CT molecular complexity index is 1450. The van der Waals surface area contributed by atoms with Gasteiger partial charge in [0.05, 0.1) is 6.20 Å². The first-order chi connectivity index (χ1) is 16.9. The van der Waals surface area contributed by atoms with Gasteiger partial charge in [0, 0.05) is 49.0 Å². The molecule has 4 aromatic rings. The number of hydrogen-bond acceptors (Lipinski definition) is 4. The fraction of sp³-hybridized carbons (Fsp3) is 0.393. The molecule has 0 unspecified atom stereocenters. The normalized spacial score (nSPS) is 14.8. The van der Waals surface area contributed by atoms with E-state index < -0.39 is 0 Å². The van der Waals surface area contributed by atoms with Gasteiger partial charge in [-0.25, -0.2) is 4.68 Å². The Labute approximate surface area is 205 Å². The quantitative estimate of drug-likeness (QED) is 0.447. The third-order valence-corrected chi connectivity index (χ3v) is 7.39. The monoisotopic (exact) mass is 471 g/mol. The molecule has 1 aliphatic rings. The van der Waals surface area contributed by atoms with E-state index in [4.69, 9.17) is 0 Å². The van der Waals surface area contributed by atoms with Crippen molar-refractivity contribution in [2.45, 2.75) is 40.8 Å². The van der Waals surface area contributed by atoms with E-state index in [1.807, 2.05) is 23.1 Å². The van der Waals surface area contributed by atoms with Crippen molar-refractivity contribution in [1.82, 2.24) is 24.1 Å². The van der Waals surface area contributed by atoms with Crippen LogP contribution in [0.3, 0.4) is 0 Å². The van der Waals surface area contributed by atoms with Gasteiger partial charge in [-0.3, -0.25) is 9.59 Å². The molecule has 2 aromatic carbocycles. The molecule has 1 aliphatic heterocycles. The van der Waals surface area contributed by atoms with Crippen LogP contribution in [0, 0.1) is 20.8 Å². The van der Waals surface area contributed by atoms with Crippen molar-refractivity contribution in [3.63, 3.8) is 0 Å². The fourth-order valence-corrected chi connectivity index (χ4v) is 5.43. The SMILES string of the molecule is CCN1CCN(C(=O)Cn2ncc3c4ccccc4n(Cc4c(C)cc(C)cc4C)c3c2=O)CC1. The first kappa shape index (κ1) is 23.3. The molecular weight excluding hydrogens is 438 g/mol. The summed E-state index contributed by atoms with van der Waals surface area (Å²) in [7, 11) is 0. The number of aryl methyl sites for hydroxylation is 3. The lowest BCUT2D eigenvalue weighted by Gasteiger charge is -2.34. The maximum Gasteiger partial charge on any atom is 0.291 e. The van der Waals surface area contributed by atoms with Crippen molar-refractivity contribution < 1.29 is 4.79 Å². The average molecular weight is 472 g/mol. The molecule has 7 heteroatoms. The number of nitrogens with zero attached hydrogens (tertiary/aromatic N) is 5. The Hall–Kier alpha value is -3.45. The summed E-state index contributed by atoms with van der Waals surface area (Å²) in [6.07, 6.45) is 1.74. The van der Waals surface area contributed by atoms with Gasteiger partial charge in [0.2, 0.25) is 5.91 Å². The molecule has 0 saturated carbocycles. The predicted octanol–water partition coefficient (Wildman–Crippen LogP) is 3.49. The Morgan fingerprint density at radius 2 is 1.66 bits per heavy atom. The van der Waals surface area contributed by atoms with Crippen LogP contribution in [0.1, 0.15) is 29.2 Å². The predicted molar refractivity (Wildman–Crippen MR) is 140 cm³/mol. The first-order valence-corrected chi connectivity index (χ1v) is 12.4. The number of fused-ring (bicyclic) bond motifs is 3. The van der Waals surface area contributed by atoms with Gasteiger partial charge in [0.25, 0.3) is 5.56 Å². The summed E-state index contributed by atoms with van der Waals surface area (Å²) in [6.45, 7) is 13.2. The Morgan fingerprint density at radius 3 is 2.34 bits per heavy atom. The maximum absolute atomic E-state index is 13.8. The Kier molecular flexibility index (Phi) is 6.19. The summed E-state index contributed by atoms with van der Waals surface area (Å²) in [5.74, 6) is -0.0532. The molecule has 1 amide bonds. The third kappa shape index (κ3) is 4.25. The van der Waals surface area contributed by atoms with Crippen LogP contribution in [0.2, 0.25) is 0 Å². The standard InChI is InChI=1S/C28H33N5O2/c1-5-30-10-12-31(13-11-30)26(34)18-33-28(35)27-23(16-29-33)22-8-6-7-9-25(22)32(27)17-24-20(3)14-19(2)15-21(24)4/h6-9,14-16H,5,10-13,17-18H2,1-4H3. The van der Waals surface area contributed by atoms with Gasteiger partial charge >= 0.3 is 0 Å². The molecular formula is C28H33N5O2. The van der Waals surface area contributed by atoms with Crippen LogP contribution in [0.25, 0.3) is 21.8 Å². The highest BCUT2D eigenvalue weighted by molar-refractivity contribution is 6.07. The van der Waals surface area contributed by atoms with Crippen molar-refractivity contribution in [1.29, 1.82) is 0 Å². The molecule has 35 heavy (non-hydrogen) atoms. The molecule has 2 aromatic heterocycles. The zero-order valence-corrected chi connectivity index (χ0v) is 21.0. The van der Waals surface area contributed by atoms with E-state index in [0.29, 0.717) is 25.2 Å². The van der Waals surface area contributed by atoms with Gasteiger partial charge in [-0.05, 0) is 50.1 Å². The third-order valence-electron chi connectivity index (χ3n) is 7.39. The molecule has 7 nitrogen and oxygen atoms in total. The molecule has 0 spiro atoms. The number of piperazine rings is 1. The average Bonchev–Trinajstić information content (AvgIpc) is 3.17. The summed E-state index contributed by atoms with van der Waals surface area (Å²) >= 11 is 0. The van der Waals surface area contributed by atoms with E-state index in [1.165, 1.54) is 26.9 Å². The Morgan fingerprint density at radius 1 is 0.971 bits per heavy atom. The molecule has 5 rings (SSSR count). The van der Waals surface area contributed by atoms with Crippen LogP contribution in [-0.2, 0) is 17.9 Å². The molecule has 1 saturated heterocycles. The minimum absolute atomic E-state index is 0.0367. The van der Waals surface area contributed by atoms with Crippen molar-refractivity contribution in [3.05, 3.63) is 75.2 Å². The number of carbonyl (C=O) groups is 1. The van der Waals surface area contributed by atoms with E-state index in [1.54, 1.807) is 6.20 Å². The second-order valence-corrected chi connectivity index (χ2v) is 9.67. The largest absolute Gasteiger partial charge is 0.339 e. The second-order valence-electron chi connectivity index (χ2n) is 9.67. The number of aromatic nitrogens is 3. The van der Waals surface area contributed by atoms with Crippen molar-refractivity contribution in [3.8, 4) is 0 Å². The van der Waals surface area contributed by atoms with E-state index >= 15 is 0 Å². The van der Waals surface area contributed by atoms with Crippen LogP contribution in [0.15, 0.2) is 47.4 Å². The van der Waals surface area contributed by atoms with Crippen LogP contribution < -0.4 is 5.56 Å². The summed E-state index contributed by atoms with van der Waals surface area (Å²) in [6, 6.07) is 12.4. The number of carbonyl (C=O) groups excluding carboxylic acids is 1. The lowest BCUT2D eigenvalue weighted by atomic mass is 10.00. The van der Waals surface area contributed by atoms with E-state index in [2.05, 4.69) is 60.5 Å². The van der Waals surface area contributed by atoms with E-state index in [0.717, 1.165) is 35.9 Å². The fourth-order valence-electron chi connectivity index (χ4n) is 5.43. The number of hydrogen-bond donors (Lipinski definition) is 0. The van der Waals surface area contributed by atoms with Gasteiger partial charge in [0.15, 0.2) is 0 Å². The number of likely N-dealkylation sites (N-methyl/N-ethyl adjacent to an activating group) is 1. The molecule has 0 N–H and O–H groups in total. The van der Waals surface area contributed by atoms with Crippen molar-refractivity contribution in [2.75, 3.05) is 32.7 Å². The van der Waals surface area contributed by atoms with E-state index in [9.17, 15) is 9.59 Å². The zero-order chi connectivity index (χ0) is 24.7. The molecule has 182 valence electrons. The molecule has 1 fully saturated rings. The Balaban J connectivity index is 1.56. The maximum atomic E-state index is 13.8. The highest BCUT2D eigenvalue weighted by Crippen LogP contribution is 2.28. The zero-order valence-electron chi connectivity index (χ0n) is 21.0. The topological polar surface area (TPSA) is 63.4 Å². The summed E-state index contributed by atoms with van der Waals surface area (Å²) < 4.78 is 3.43. The van der Waals surface area contributed by atoms with Gasteiger partial charge in [-0.1, -0.05) is 42.8 Å². The minimum atomic E-state index is -0.221. The summed E-state index contributed by atoms with van der Waals surface area (Å²) in [5, 5.41) is 6.25. The van der Waals surface area contributed by atoms with Gasteiger partial charge in [0.1, 0.15) is 12.1 Å². The lowest BCUT2D eigenvalue weighted by molar-refractivity contribution is -0.133. The summed E-state index contributed by atoms with van der Waals surface area (Å²) in [5.41, 5.74) is 6.25. The first-order valence-electron chi connectivity index (χ1n) is 12.4. The molecule has 0 radical (unpaired) electrons. The van der Waals surface area contributed by atoms with Crippen molar-refractivity contribution in [2.24, 2.45) is 0 Å². The van der Waals surface area contributed by atoms with Crippen molar-refractivity contribution >= 4 is 27.7 Å². The van der Waals surface area contributed by atoms with Crippen LogP contribution in [0.4, 0.5) is 0 Å². The number of para-hydroxylation sites is 1. The summed E-state index contributed by atoms with van der Waals surface area (Å²) in [4.78, 5) is 30.9. The second kappa shape index (κ2) is 9.30. The van der Waals surface area contributed by atoms with Crippen LogP contribution >= 0.6 is 0 Å². The van der Waals surface area contributed by atoms with E-state index in [-0.39, 0.29) is 18.0 Å². The molecule has 0 bridgehead atoms. The van der Waals surface area contributed by atoms with Gasteiger partial charge in [-0.2, -0.15) is 5.10 Å². The smallest absolute Gasteiger partial charge is 0.291 e. The molecule has 3 heterocycles. The number of benzene rings is 2. The minimum Gasteiger partial charge on any atom is -0.339 e. The molecule has 0 atom stereocenters. The van der Waals surface area contributed by atoms with Gasteiger partial charge < -0.3 is 14.4 Å². The highest BCUT2D eigenvalue weighted by atomic mass is 16.2. The lowest BCUT2D eigenvalue weighted by Crippen LogP contribution is -2.50. The van der Waals surface area contributed by atoms with Gasteiger partial charge in [-0.15, -0.1) is 0 Å². The van der Waals surface area contributed by atoms with Crippen LogP contribution in [0.5, 0.6) is 0 Å².